The number of unbranched alkanes of at least 4 members (excludes halogenated alkanes) is 12. The van der Waals surface area contributed by atoms with E-state index in [0.717, 1.165) is 32.1 Å². The standard InChI is InChI=1S/C36H65NO7/c1-6-8-10-12-14-15-16-17-18-19-21-22-24-26-34(38)43-31-32(30-42-29-28-33(36(40)41)37(3,4)5)44-35(39)27-25-23-20-13-11-9-7-2/h9,11,20,23,32-33H,6-8,10,12-19,21-22,24-31H2,1-5H3/b11-9+,23-20+. The summed E-state index contributed by atoms with van der Waals surface area (Å²) in [5.41, 5.74) is 0. The number of likely N-dealkylation sites (N-methyl/N-ethyl adjacent to an activating group) is 1. The lowest BCUT2D eigenvalue weighted by molar-refractivity contribution is -0.889. The first-order valence-corrected chi connectivity index (χ1v) is 17.4. The zero-order valence-corrected chi connectivity index (χ0v) is 28.8. The summed E-state index contributed by atoms with van der Waals surface area (Å²) in [4.78, 5) is 36.3. The normalized spacial score (nSPS) is 13.4. The highest BCUT2D eigenvalue weighted by atomic mass is 16.6. The van der Waals surface area contributed by atoms with Gasteiger partial charge < -0.3 is 28.6 Å². The van der Waals surface area contributed by atoms with E-state index in [4.69, 9.17) is 14.2 Å². The van der Waals surface area contributed by atoms with Gasteiger partial charge in [-0.25, -0.2) is 0 Å². The van der Waals surface area contributed by atoms with Gasteiger partial charge in [0.25, 0.3) is 0 Å². The molecule has 0 aliphatic carbocycles. The van der Waals surface area contributed by atoms with Gasteiger partial charge in [-0.1, -0.05) is 115 Å². The van der Waals surface area contributed by atoms with E-state index in [1.807, 2.05) is 12.2 Å². The van der Waals surface area contributed by atoms with Gasteiger partial charge in [0, 0.05) is 19.3 Å². The summed E-state index contributed by atoms with van der Waals surface area (Å²) in [6.45, 7) is 4.43. The molecule has 0 aromatic heterocycles. The second kappa shape index (κ2) is 28.3. The number of quaternary nitrogens is 1. The Balaban J connectivity index is 4.42. The minimum atomic E-state index is -1.13. The van der Waals surface area contributed by atoms with Gasteiger partial charge in [-0.15, -0.1) is 0 Å². The number of nitrogens with zero attached hydrogens (tertiary/aromatic N) is 1. The van der Waals surface area contributed by atoms with Crippen molar-refractivity contribution in [1.29, 1.82) is 0 Å². The van der Waals surface area contributed by atoms with E-state index >= 15 is 0 Å². The number of carbonyl (C=O) groups is 3. The summed E-state index contributed by atoms with van der Waals surface area (Å²) in [5.74, 6) is -1.83. The van der Waals surface area contributed by atoms with E-state index in [-0.39, 0.29) is 49.1 Å². The van der Waals surface area contributed by atoms with E-state index in [1.54, 1.807) is 21.1 Å². The third-order valence-electron chi connectivity index (χ3n) is 7.62. The molecule has 8 nitrogen and oxygen atoms in total. The molecule has 0 aromatic rings. The highest BCUT2D eigenvalue weighted by Gasteiger charge is 2.25. The van der Waals surface area contributed by atoms with Crippen molar-refractivity contribution >= 4 is 17.9 Å². The Bertz CT molecular complexity index is 788. The molecule has 0 fully saturated rings. The Hall–Kier alpha value is -2.19. The van der Waals surface area contributed by atoms with Crippen molar-refractivity contribution in [3.05, 3.63) is 24.3 Å². The van der Waals surface area contributed by atoms with Crippen molar-refractivity contribution in [2.24, 2.45) is 0 Å². The topological polar surface area (TPSA) is 102 Å². The molecule has 0 aliphatic rings. The van der Waals surface area contributed by atoms with E-state index in [1.165, 1.54) is 64.2 Å². The van der Waals surface area contributed by atoms with Gasteiger partial charge >= 0.3 is 11.9 Å². The third-order valence-corrected chi connectivity index (χ3v) is 7.62. The summed E-state index contributed by atoms with van der Waals surface area (Å²) < 4.78 is 16.9. The molecule has 2 atom stereocenters. The van der Waals surface area contributed by atoms with E-state index in [9.17, 15) is 19.5 Å². The van der Waals surface area contributed by atoms with Crippen LogP contribution in [0, 0.1) is 0 Å². The summed E-state index contributed by atoms with van der Waals surface area (Å²) in [6.07, 6.45) is 26.7. The number of ether oxygens (including phenoxy) is 3. The first-order valence-electron chi connectivity index (χ1n) is 17.4. The maximum absolute atomic E-state index is 12.4. The van der Waals surface area contributed by atoms with Crippen molar-refractivity contribution < 1.29 is 38.2 Å². The SMILES string of the molecule is CC/C=C/C/C=C/CCC(=O)OC(COCCC(C(=O)[O-])[N+](C)(C)C)COC(=O)CCCCCCCCCCCCCCC. The molecule has 0 rings (SSSR count). The summed E-state index contributed by atoms with van der Waals surface area (Å²) >= 11 is 0. The number of hydrogen-bond donors (Lipinski definition) is 0. The van der Waals surface area contributed by atoms with Gasteiger partial charge in [0.05, 0.1) is 40.3 Å². The molecule has 0 heterocycles. The predicted octanol–water partition coefficient (Wildman–Crippen LogP) is 6.85. The minimum Gasteiger partial charge on any atom is -0.544 e. The third kappa shape index (κ3) is 26.2. The number of aliphatic carboxylic acids is 1. The second-order valence-electron chi connectivity index (χ2n) is 12.7. The molecule has 256 valence electrons. The first-order chi connectivity index (χ1) is 21.1. The molecular formula is C36H65NO7. The molecule has 8 heteroatoms. The summed E-state index contributed by atoms with van der Waals surface area (Å²) in [6, 6.07) is -0.729. The Kier molecular flexibility index (Phi) is 26.9. The highest BCUT2D eigenvalue weighted by Crippen LogP contribution is 2.14. The molecule has 44 heavy (non-hydrogen) atoms. The number of hydrogen-bond acceptors (Lipinski definition) is 7. The van der Waals surface area contributed by atoms with Crippen LogP contribution in [0.1, 0.15) is 136 Å². The van der Waals surface area contributed by atoms with E-state index < -0.39 is 18.1 Å². The molecule has 2 unspecified atom stereocenters. The number of carbonyl (C=O) groups excluding carboxylic acids is 3. The van der Waals surface area contributed by atoms with Crippen LogP contribution in [0.2, 0.25) is 0 Å². The minimum absolute atomic E-state index is 0.0202. The molecule has 0 amide bonds. The van der Waals surface area contributed by atoms with Gasteiger partial charge in [0.1, 0.15) is 12.6 Å². The average molecular weight is 624 g/mol. The smallest absolute Gasteiger partial charge is 0.306 e. The quantitative estimate of drug-likeness (QED) is 0.0373. The zero-order chi connectivity index (χ0) is 32.9. The van der Waals surface area contributed by atoms with Crippen LogP contribution in [0.25, 0.3) is 0 Å². The number of carboxylic acid groups (broad SMARTS) is 1. The van der Waals surface area contributed by atoms with Crippen molar-refractivity contribution in [3.8, 4) is 0 Å². The van der Waals surface area contributed by atoms with Gasteiger partial charge in [-0.2, -0.15) is 0 Å². The van der Waals surface area contributed by atoms with Crippen LogP contribution in [0.3, 0.4) is 0 Å². The maximum Gasteiger partial charge on any atom is 0.306 e. The van der Waals surface area contributed by atoms with Crippen molar-refractivity contribution in [1.82, 2.24) is 0 Å². The van der Waals surface area contributed by atoms with Gasteiger partial charge in [0.15, 0.2) is 6.10 Å². The summed E-state index contributed by atoms with van der Waals surface area (Å²) in [7, 11) is 5.36. The van der Waals surface area contributed by atoms with E-state index in [0.29, 0.717) is 12.8 Å². The van der Waals surface area contributed by atoms with Gasteiger partial charge in [-0.05, 0) is 25.7 Å². The van der Waals surface area contributed by atoms with Crippen molar-refractivity contribution in [2.45, 2.75) is 148 Å². The second-order valence-corrected chi connectivity index (χ2v) is 12.7. The lowest BCUT2D eigenvalue weighted by atomic mass is 10.0. The number of esters is 2. The van der Waals surface area contributed by atoms with Crippen LogP contribution < -0.4 is 5.11 Å². The number of allylic oxidation sites excluding steroid dienone is 4. The monoisotopic (exact) mass is 623 g/mol. The lowest BCUT2D eigenvalue weighted by Gasteiger charge is -2.34. The molecule has 0 saturated carbocycles. The van der Waals surface area contributed by atoms with Gasteiger partial charge in [0.2, 0.25) is 0 Å². The fraction of sp³-hybridized carbons (Fsp3) is 0.806. The lowest BCUT2D eigenvalue weighted by Crippen LogP contribution is -2.55. The average Bonchev–Trinajstić information content (AvgIpc) is 2.96. The molecule has 0 aliphatic heterocycles. The Labute approximate surface area is 269 Å². The number of carboxylic acids is 1. The molecule has 0 aromatic carbocycles. The molecule has 0 bridgehead atoms. The predicted molar refractivity (Wildman–Crippen MR) is 176 cm³/mol. The van der Waals surface area contributed by atoms with Crippen LogP contribution in [0.4, 0.5) is 0 Å². The molecule has 0 saturated heterocycles. The largest absolute Gasteiger partial charge is 0.544 e. The van der Waals surface area contributed by atoms with Crippen LogP contribution >= 0.6 is 0 Å². The summed E-state index contributed by atoms with van der Waals surface area (Å²) in [5, 5.41) is 11.5. The molecule has 0 N–H and O–H groups in total. The Morgan fingerprint density at radius 3 is 1.82 bits per heavy atom. The maximum atomic E-state index is 12.4. The molecule has 0 spiro atoms. The molecule has 0 radical (unpaired) electrons. The fourth-order valence-electron chi connectivity index (χ4n) is 4.89. The fourth-order valence-corrected chi connectivity index (χ4v) is 4.89. The first kappa shape index (κ1) is 41.8. The Morgan fingerprint density at radius 1 is 0.705 bits per heavy atom. The van der Waals surface area contributed by atoms with Crippen LogP contribution in [0.5, 0.6) is 0 Å². The van der Waals surface area contributed by atoms with Gasteiger partial charge in [-0.3, -0.25) is 9.59 Å². The number of rotatable bonds is 30. The van der Waals surface area contributed by atoms with Crippen LogP contribution in [-0.2, 0) is 28.6 Å². The van der Waals surface area contributed by atoms with Crippen LogP contribution in [-0.4, -0.2) is 75.5 Å². The zero-order valence-electron chi connectivity index (χ0n) is 28.8. The Morgan fingerprint density at radius 2 is 1.27 bits per heavy atom. The van der Waals surface area contributed by atoms with Crippen molar-refractivity contribution in [3.63, 3.8) is 0 Å². The van der Waals surface area contributed by atoms with Crippen molar-refractivity contribution in [2.75, 3.05) is 41.0 Å². The highest BCUT2D eigenvalue weighted by molar-refractivity contribution is 5.70. The molecular weight excluding hydrogens is 558 g/mol. The van der Waals surface area contributed by atoms with Crippen LogP contribution in [0.15, 0.2) is 24.3 Å². The van der Waals surface area contributed by atoms with E-state index in [2.05, 4.69) is 26.0 Å².